The first kappa shape index (κ1) is 18.7. The molecule has 0 unspecified atom stereocenters. The highest BCUT2D eigenvalue weighted by Crippen LogP contribution is 2.26. The third kappa shape index (κ3) is 4.18. The maximum absolute atomic E-state index is 12.4. The van der Waals surface area contributed by atoms with Gasteiger partial charge in [-0.1, -0.05) is 53.5 Å². The lowest BCUT2D eigenvalue weighted by Crippen LogP contribution is -2.40. The van der Waals surface area contributed by atoms with Crippen LogP contribution in [0.1, 0.15) is 21.8 Å². The van der Waals surface area contributed by atoms with Crippen molar-refractivity contribution in [3.63, 3.8) is 0 Å². The lowest BCUT2D eigenvalue weighted by molar-refractivity contribution is -0.129. The Morgan fingerprint density at radius 3 is 2.50 bits per heavy atom. The van der Waals surface area contributed by atoms with Crippen LogP contribution in [0.5, 0.6) is 0 Å². The van der Waals surface area contributed by atoms with Crippen molar-refractivity contribution in [3.8, 4) is 0 Å². The Labute approximate surface area is 162 Å². The smallest absolute Gasteiger partial charge is 0.251 e. The Balaban J connectivity index is 1.57. The lowest BCUT2D eigenvalue weighted by atomic mass is 9.95. The summed E-state index contributed by atoms with van der Waals surface area (Å²) in [6.07, 6.45) is 0. The van der Waals surface area contributed by atoms with Crippen molar-refractivity contribution in [3.05, 3.63) is 69.7 Å². The van der Waals surface area contributed by atoms with Crippen LogP contribution in [0.3, 0.4) is 0 Å². The molecule has 2 amide bonds. The fourth-order valence-electron chi connectivity index (χ4n) is 3.09. The summed E-state index contributed by atoms with van der Waals surface area (Å²) >= 11 is 11.8. The largest absolute Gasteiger partial charge is 0.343 e. The van der Waals surface area contributed by atoms with Crippen LogP contribution in [-0.2, 0) is 4.79 Å². The van der Waals surface area contributed by atoms with Gasteiger partial charge in [-0.3, -0.25) is 9.59 Å². The van der Waals surface area contributed by atoms with E-state index in [2.05, 4.69) is 5.32 Å². The van der Waals surface area contributed by atoms with Gasteiger partial charge in [0.25, 0.3) is 5.91 Å². The van der Waals surface area contributed by atoms with Crippen molar-refractivity contribution in [1.29, 1.82) is 0 Å². The Hall–Kier alpha value is -2.08. The summed E-state index contributed by atoms with van der Waals surface area (Å²) in [6.45, 7) is 0.932. The van der Waals surface area contributed by atoms with Crippen LogP contribution < -0.4 is 11.1 Å². The Bertz CT molecular complexity index is 814. The molecule has 3 rings (SSSR count). The van der Waals surface area contributed by atoms with Crippen LogP contribution in [-0.4, -0.2) is 42.4 Å². The number of hydrogen-bond donors (Lipinski definition) is 2. The molecule has 2 aromatic rings. The number of hydrogen-bond acceptors (Lipinski definition) is 3. The molecule has 136 valence electrons. The van der Waals surface area contributed by atoms with E-state index in [1.807, 2.05) is 30.3 Å². The van der Waals surface area contributed by atoms with Gasteiger partial charge < -0.3 is 16.0 Å². The molecule has 1 saturated heterocycles. The average molecular weight is 392 g/mol. The van der Waals surface area contributed by atoms with Crippen molar-refractivity contribution < 1.29 is 9.59 Å². The maximum atomic E-state index is 12.4. The van der Waals surface area contributed by atoms with Gasteiger partial charge in [-0.25, -0.2) is 0 Å². The summed E-state index contributed by atoms with van der Waals surface area (Å²) in [7, 11) is 0. The van der Waals surface area contributed by atoms with Gasteiger partial charge in [-0.2, -0.15) is 0 Å². The predicted molar refractivity (Wildman–Crippen MR) is 103 cm³/mol. The molecule has 0 aliphatic carbocycles. The first-order chi connectivity index (χ1) is 12.5. The number of rotatable bonds is 4. The minimum atomic E-state index is -0.375. The number of nitrogens with two attached hydrogens (primary N) is 1. The van der Waals surface area contributed by atoms with Crippen LogP contribution in [0, 0.1) is 0 Å². The molecule has 1 fully saturated rings. The van der Waals surface area contributed by atoms with E-state index in [4.69, 9.17) is 28.9 Å². The van der Waals surface area contributed by atoms with Gasteiger partial charge in [0, 0.05) is 30.6 Å². The molecule has 0 saturated carbocycles. The second-order valence-electron chi connectivity index (χ2n) is 6.29. The summed E-state index contributed by atoms with van der Waals surface area (Å²) in [4.78, 5) is 26.3. The van der Waals surface area contributed by atoms with E-state index in [1.165, 1.54) is 6.07 Å². The number of halogens is 2. The average Bonchev–Trinajstić information content (AvgIpc) is 3.04. The Morgan fingerprint density at radius 2 is 1.81 bits per heavy atom. The zero-order valence-corrected chi connectivity index (χ0v) is 15.5. The summed E-state index contributed by atoms with van der Waals surface area (Å²) < 4.78 is 0. The van der Waals surface area contributed by atoms with Crippen molar-refractivity contribution in [2.45, 2.75) is 12.0 Å². The molecule has 26 heavy (non-hydrogen) atoms. The minimum Gasteiger partial charge on any atom is -0.343 e. The van der Waals surface area contributed by atoms with Crippen molar-refractivity contribution >= 4 is 35.0 Å². The molecular weight excluding hydrogens is 373 g/mol. The topological polar surface area (TPSA) is 75.4 Å². The predicted octanol–water partition coefficient (Wildman–Crippen LogP) is 2.68. The number of carbonyl (C=O) groups is 2. The summed E-state index contributed by atoms with van der Waals surface area (Å²) in [5, 5.41) is 3.28. The number of benzene rings is 2. The molecule has 0 aromatic heterocycles. The molecule has 0 spiro atoms. The van der Waals surface area contributed by atoms with Gasteiger partial charge in [-0.15, -0.1) is 0 Å². The van der Waals surface area contributed by atoms with Gasteiger partial charge in [0.05, 0.1) is 16.6 Å². The summed E-state index contributed by atoms with van der Waals surface area (Å²) in [6, 6.07) is 14.4. The van der Waals surface area contributed by atoms with E-state index in [0.717, 1.165) is 5.56 Å². The molecule has 1 aliphatic heterocycles. The van der Waals surface area contributed by atoms with Crippen molar-refractivity contribution in [1.82, 2.24) is 10.2 Å². The number of nitrogens with zero attached hydrogens (tertiary/aromatic N) is 1. The number of amides is 2. The zero-order valence-electron chi connectivity index (χ0n) is 14.0. The first-order valence-electron chi connectivity index (χ1n) is 8.27. The van der Waals surface area contributed by atoms with E-state index < -0.39 is 0 Å². The Kier molecular flexibility index (Phi) is 5.81. The Morgan fingerprint density at radius 1 is 1.08 bits per heavy atom. The maximum Gasteiger partial charge on any atom is 0.251 e. The van der Waals surface area contributed by atoms with E-state index in [9.17, 15) is 9.59 Å². The minimum absolute atomic E-state index is 0.0900. The highest BCUT2D eigenvalue weighted by Gasteiger charge is 2.33. The fraction of sp³-hybridized carbons (Fsp3) is 0.263. The number of likely N-dealkylation sites (tertiary alicyclic amines) is 1. The standard InChI is InChI=1S/C19H19Cl2N3O2/c20-15-7-6-13(8-16(15)21)19(26)23-9-18(25)24-10-14(17(22)11-24)12-4-2-1-3-5-12/h1-8,14,17H,9-11,22H2,(H,23,26)/t14-,17+/m0/s1. The SMILES string of the molecule is N[C@@H]1CN(C(=O)CNC(=O)c2ccc(Cl)c(Cl)c2)C[C@H]1c1ccccc1. The molecule has 0 radical (unpaired) electrons. The number of nitrogens with one attached hydrogen (secondary N) is 1. The van der Waals surface area contributed by atoms with Crippen molar-refractivity contribution in [2.75, 3.05) is 19.6 Å². The fourth-order valence-corrected chi connectivity index (χ4v) is 3.39. The van der Waals surface area contributed by atoms with Crippen LogP contribution >= 0.6 is 23.2 Å². The van der Waals surface area contributed by atoms with E-state index >= 15 is 0 Å². The van der Waals surface area contributed by atoms with Crippen LogP contribution in [0.2, 0.25) is 10.0 Å². The molecule has 2 aromatic carbocycles. The molecule has 5 nitrogen and oxygen atoms in total. The second kappa shape index (κ2) is 8.08. The van der Waals surface area contributed by atoms with Gasteiger partial charge in [0.15, 0.2) is 0 Å². The third-order valence-corrected chi connectivity index (χ3v) is 5.27. The highest BCUT2D eigenvalue weighted by atomic mass is 35.5. The van der Waals surface area contributed by atoms with Crippen LogP contribution in [0.4, 0.5) is 0 Å². The van der Waals surface area contributed by atoms with Gasteiger partial charge in [-0.05, 0) is 23.8 Å². The molecular formula is C19H19Cl2N3O2. The van der Waals surface area contributed by atoms with E-state index in [0.29, 0.717) is 28.7 Å². The van der Waals surface area contributed by atoms with Crippen LogP contribution in [0.25, 0.3) is 0 Å². The summed E-state index contributed by atoms with van der Waals surface area (Å²) in [5.74, 6) is -0.432. The second-order valence-corrected chi connectivity index (χ2v) is 7.11. The van der Waals surface area contributed by atoms with Crippen molar-refractivity contribution in [2.24, 2.45) is 5.73 Å². The normalized spacial score (nSPS) is 19.4. The third-order valence-electron chi connectivity index (χ3n) is 4.53. The van der Waals surface area contributed by atoms with Gasteiger partial charge >= 0.3 is 0 Å². The quantitative estimate of drug-likeness (QED) is 0.840. The molecule has 1 heterocycles. The van der Waals surface area contributed by atoms with Gasteiger partial charge in [0.2, 0.25) is 5.91 Å². The van der Waals surface area contributed by atoms with Gasteiger partial charge in [0.1, 0.15) is 0 Å². The van der Waals surface area contributed by atoms with E-state index in [1.54, 1.807) is 17.0 Å². The molecule has 0 bridgehead atoms. The highest BCUT2D eigenvalue weighted by molar-refractivity contribution is 6.42. The molecule has 2 atom stereocenters. The monoisotopic (exact) mass is 391 g/mol. The zero-order chi connectivity index (χ0) is 18.7. The lowest BCUT2D eigenvalue weighted by Gasteiger charge is -2.17. The first-order valence-corrected chi connectivity index (χ1v) is 9.03. The molecule has 7 heteroatoms. The van der Waals surface area contributed by atoms with E-state index in [-0.39, 0.29) is 30.3 Å². The number of carbonyl (C=O) groups excluding carboxylic acids is 2. The molecule has 1 aliphatic rings. The summed E-state index contributed by atoms with van der Waals surface area (Å²) in [5.41, 5.74) is 7.68. The van der Waals surface area contributed by atoms with Crippen LogP contribution in [0.15, 0.2) is 48.5 Å². The molecule has 3 N–H and O–H groups in total.